The van der Waals surface area contributed by atoms with Crippen molar-refractivity contribution in [2.45, 2.75) is 44.9 Å². The molecule has 7 heteroatoms. The number of aromatic nitrogens is 2. The average Bonchev–Trinajstić information content (AvgIpc) is 3.07. The zero-order chi connectivity index (χ0) is 20.2. The molecule has 0 spiro atoms. The number of thiophene rings is 1. The Kier molecular flexibility index (Phi) is 6.40. The highest BCUT2D eigenvalue weighted by molar-refractivity contribution is 7.18. The van der Waals surface area contributed by atoms with Crippen molar-refractivity contribution in [3.63, 3.8) is 0 Å². The number of ether oxygens (including phenoxy) is 1. The first-order chi connectivity index (χ1) is 14.1. The van der Waals surface area contributed by atoms with Crippen molar-refractivity contribution < 1.29 is 9.84 Å². The van der Waals surface area contributed by atoms with E-state index in [2.05, 4.69) is 22.0 Å². The fourth-order valence-electron chi connectivity index (χ4n) is 4.06. The van der Waals surface area contributed by atoms with Gasteiger partial charge >= 0.3 is 0 Å². The number of hydrogen-bond acceptors (Lipinski definition) is 6. The summed E-state index contributed by atoms with van der Waals surface area (Å²) in [4.78, 5) is 24.9. The van der Waals surface area contributed by atoms with Crippen LogP contribution in [0, 0.1) is 0 Å². The van der Waals surface area contributed by atoms with E-state index < -0.39 is 6.10 Å². The topological polar surface area (TPSA) is 78.5 Å². The molecule has 4 rings (SSSR count). The average molecular weight is 414 g/mol. The summed E-state index contributed by atoms with van der Waals surface area (Å²) in [6.45, 7) is 1.82. The number of nitrogens with one attached hydrogen (secondary N) is 1. The SMILES string of the molecule is COCC(O)CN(Cc1ccccc1)Cc1nc2sc3c(c2c(=O)[nH]1)CCCC3. The summed E-state index contributed by atoms with van der Waals surface area (Å²) in [5.41, 5.74) is 2.31. The van der Waals surface area contributed by atoms with Gasteiger partial charge in [0, 0.05) is 25.1 Å². The maximum atomic E-state index is 12.8. The summed E-state index contributed by atoms with van der Waals surface area (Å²) < 4.78 is 5.08. The number of aliphatic hydroxyl groups excluding tert-OH is 1. The number of nitrogens with zero attached hydrogens (tertiary/aromatic N) is 2. The zero-order valence-corrected chi connectivity index (χ0v) is 17.5. The Morgan fingerprint density at radius 1 is 1.24 bits per heavy atom. The standard InChI is InChI=1S/C22H27N3O3S/c1-28-14-16(26)12-25(11-15-7-3-2-4-8-15)13-19-23-21(27)20-17-9-5-6-10-18(17)29-22(20)24-19/h2-4,7-8,16,26H,5-6,9-14H2,1H3,(H,23,24,27). The molecule has 1 unspecified atom stereocenters. The maximum absolute atomic E-state index is 12.8. The van der Waals surface area contributed by atoms with E-state index in [-0.39, 0.29) is 12.2 Å². The first kappa shape index (κ1) is 20.2. The first-order valence-corrected chi connectivity index (χ1v) is 10.9. The van der Waals surface area contributed by atoms with Crippen molar-refractivity contribution >= 4 is 21.6 Å². The molecule has 0 amide bonds. The Labute approximate surface area is 174 Å². The second-order valence-electron chi connectivity index (χ2n) is 7.67. The van der Waals surface area contributed by atoms with Gasteiger partial charge in [0.25, 0.3) is 5.56 Å². The Bertz CT molecular complexity index is 1020. The van der Waals surface area contributed by atoms with E-state index in [0.717, 1.165) is 35.0 Å². The predicted molar refractivity (Wildman–Crippen MR) is 115 cm³/mol. The van der Waals surface area contributed by atoms with Crippen LogP contribution in [-0.4, -0.2) is 46.3 Å². The Morgan fingerprint density at radius 3 is 2.83 bits per heavy atom. The second-order valence-corrected chi connectivity index (χ2v) is 8.75. The molecule has 1 aromatic carbocycles. The van der Waals surface area contributed by atoms with Crippen LogP contribution in [0.25, 0.3) is 10.2 Å². The van der Waals surface area contributed by atoms with Gasteiger partial charge < -0.3 is 14.8 Å². The highest BCUT2D eigenvalue weighted by Gasteiger charge is 2.21. The fourth-order valence-corrected chi connectivity index (χ4v) is 5.35. The molecule has 154 valence electrons. The minimum absolute atomic E-state index is 0.0403. The van der Waals surface area contributed by atoms with Crippen LogP contribution in [0.3, 0.4) is 0 Å². The smallest absolute Gasteiger partial charge is 0.259 e. The van der Waals surface area contributed by atoms with Crippen LogP contribution in [0.5, 0.6) is 0 Å². The summed E-state index contributed by atoms with van der Waals surface area (Å²) in [6, 6.07) is 10.1. The quantitative estimate of drug-likeness (QED) is 0.594. The minimum Gasteiger partial charge on any atom is -0.389 e. The number of aryl methyl sites for hydroxylation is 2. The van der Waals surface area contributed by atoms with E-state index in [1.165, 1.54) is 16.9 Å². The van der Waals surface area contributed by atoms with Gasteiger partial charge in [-0.05, 0) is 36.8 Å². The third-order valence-corrected chi connectivity index (χ3v) is 6.51. The molecule has 29 heavy (non-hydrogen) atoms. The van der Waals surface area contributed by atoms with Crippen LogP contribution >= 0.6 is 11.3 Å². The van der Waals surface area contributed by atoms with E-state index in [4.69, 9.17) is 9.72 Å². The number of rotatable bonds is 8. The van der Waals surface area contributed by atoms with E-state index in [1.54, 1.807) is 18.4 Å². The molecular formula is C22H27N3O3S. The van der Waals surface area contributed by atoms with Gasteiger partial charge in [-0.25, -0.2) is 4.98 Å². The van der Waals surface area contributed by atoms with Gasteiger partial charge in [0.05, 0.1) is 24.6 Å². The van der Waals surface area contributed by atoms with Crippen LogP contribution in [0.15, 0.2) is 35.1 Å². The lowest BCUT2D eigenvalue weighted by atomic mass is 9.97. The molecular weight excluding hydrogens is 386 g/mol. The Morgan fingerprint density at radius 2 is 2.03 bits per heavy atom. The third kappa shape index (κ3) is 4.75. The Hall–Kier alpha value is -2.06. The van der Waals surface area contributed by atoms with Crippen LogP contribution in [0.1, 0.15) is 34.7 Å². The highest BCUT2D eigenvalue weighted by Crippen LogP contribution is 2.33. The molecule has 1 aliphatic rings. The van der Waals surface area contributed by atoms with E-state index in [1.807, 2.05) is 18.2 Å². The predicted octanol–water partition coefficient (Wildman–Crippen LogP) is 2.87. The van der Waals surface area contributed by atoms with Crippen molar-refractivity contribution in [2.75, 3.05) is 20.3 Å². The van der Waals surface area contributed by atoms with Crippen molar-refractivity contribution in [1.29, 1.82) is 0 Å². The van der Waals surface area contributed by atoms with Gasteiger partial charge in [-0.3, -0.25) is 9.69 Å². The molecule has 0 bridgehead atoms. The van der Waals surface area contributed by atoms with Crippen LogP contribution in [-0.2, 0) is 30.7 Å². The monoisotopic (exact) mass is 413 g/mol. The molecule has 6 nitrogen and oxygen atoms in total. The van der Waals surface area contributed by atoms with E-state index in [0.29, 0.717) is 25.5 Å². The van der Waals surface area contributed by atoms with Gasteiger partial charge in [0.1, 0.15) is 10.7 Å². The number of hydrogen-bond donors (Lipinski definition) is 2. The van der Waals surface area contributed by atoms with E-state index in [9.17, 15) is 9.90 Å². The number of fused-ring (bicyclic) bond motifs is 3. The zero-order valence-electron chi connectivity index (χ0n) is 16.7. The highest BCUT2D eigenvalue weighted by atomic mass is 32.1. The molecule has 0 saturated heterocycles. The van der Waals surface area contributed by atoms with Gasteiger partial charge in [-0.2, -0.15) is 0 Å². The molecule has 2 aromatic heterocycles. The van der Waals surface area contributed by atoms with Gasteiger partial charge in [-0.1, -0.05) is 30.3 Å². The summed E-state index contributed by atoms with van der Waals surface area (Å²) in [5, 5.41) is 11.0. The van der Waals surface area contributed by atoms with Crippen molar-refractivity contribution in [3.8, 4) is 0 Å². The number of benzene rings is 1. The minimum atomic E-state index is -0.604. The maximum Gasteiger partial charge on any atom is 0.259 e. The molecule has 0 aliphatic heterocycles. The van der Waals surface area contributed by atoms with Gasteiger partial charge in [0.2, 0.25) is 0 Å². The summed E-state index contributed by atoms with van der Waals surface area (Å²) >= 11 is 1.66. The fraction of sp³-hybridized carbons (Fsp3) is 0.455. The van der Waals surface area contributed by atoms with Gasteiger partial charge in [0.15, 0.2) is 0 Å². The first-order valence-electron chi connectivity index (χ1n) is 10.1. The van der Waals surface area contributed by atoms with Gasteiger partial charge in [-0.15, -0.1) is 11.3 Å². The molecule has 2 N–H and O–H groups in total. The summed E-state index contributed by atoms with van der Waals surface area (Å²) in [7, 11) is 1.58. The van der Waals surface area contributed by atoms with Crippen LogP contribution in [0.4, 0.5) is 0 Å². The molecule has 1 aliphatic carbocycles. The molecule has 1 atom stereocenters. The molecule has 0 fully saturated rings. The summed E-state index contributed by atoms with van der Waals surface area (Å²) in [6.07, 6.45) is 3.75. The molecule has 3 aromatic rings. The lowest BCUT2D eigenvalue weighted by Crippen LogP contribution is -2.35. The molecule has 0 radical (unpaired) electrons. The van der Waals surface area contributed by atoms with Crippen LogP contribution in [0.2, 0.25) is 0 Å². The molecule has 2 heterocycles. The van der Waals surface area contributed by atoms with Crippen molar-refractivity contribution in [3.05, 3.63) is 62.5 Å². The largest absolute Gasteiger partial charge is 0.389 e. The Balaban J connectivity index is 1.60. The lowest BCUT2D eigenvalue weighted by molar-refractivity contribution is 0.0332. The summed E-state index contributed by atoms with van der Waals surface area (Å²) in [5.74, 6) is 0.640. The number of methoxy groups -OCH3 is 1. The number of aliphatic hydroxyl groups is 1. The second kappa shape index (κ2) is 9.17. The number of aromatic amines is 1. The normalized spacial score (nSPS) is 15.0. The van der Waals surface area contributed by atoms with Crippen molar-refractivity contribution in [1.82, 2.24) is 14.9 Å². The third-order valence-electron chi connectivity index (χ3n) is 5.32. The number of H-pyrrole nitrogens is 1. The van der Waals surface area contributed by atoms with E-state index >= 15 is 0 Å². The lowest BCUT2D eigenvalue weighted by Gasteiger charge is -2.24. The molecule has 0 saturated carbocycles. The van der Waals surface area contributed by atoms with Crippen LogP contribution < -0.4 is 5.56 Å². The van der Waals surface area contributed by atoms with Crippen molar-refractivity contribution in [2.24, 2.45) is 0 Å².